The first-order chi connectivity index (χ1) is 14.6. The summed E-state index contributed by atoms with van der Waals surface area (Å²) in [6.07, 6.45) is 1.92. The van der Waals surface area contributed by atoms with E-state index in [0.29, 0.717) is 18.9 Å². The number of aldehydes is 3. The van der Waals surface area contributed by atoms with Crippen molar-refractivity contribution in [2.75, 3.05) is 27.8 Å². The molecule has 0 aliphatic rings. The van der Waals surface area contributed by atoms with Crippen molar-refractivity contribution >= 4 is 30.7 Å². The molecule has 0 aliphatic carbocycles. The normalized spacial score (nSPS) is 11.3. The predicted molar refractivity (Wildman–Crippen MR) is 115 cm³/mol. The van der Waals surface area contributed by atoms with Crippen molar-refractivity contribution in [2.24, 2.45) is 0 Å². The highest BCUT2D eigenvalue weighted by Gasteiger charge is 2.28. The van der Waals surface area contributed by atoms with E-state index in [1.165, 1.54) is 37.2 Å². The van der Waals surface area contributed by atoms with Crippen molar-refractivity contribution in [1.29, 1.82) is 0 Å². The number of hydrogen-bond donors (Lipinski definition) is 1. The first-order valence-corrected chi connectivity index (χ1v) is 9.70. The third kappa shape index (κ3) is 9.52. The molecular weight excluding hydrogens is 404 g/mol. The Balaban J connectivity index is 0.00000131. The fourth-order valence-electron chi connectivity index (χ4n) is 2.33. The summed E-state index contributed by atoms with van der Waals surface area (Å²) in [4.78, 5) is 58.4. The van der Waals surface area contributed by atoms with E-state index in [1.54, 1.807) is 7.11 Å². The molecule has 0 fully saturated rings. The molecule has 0 aromatic heterocycles. The van der Waals surface area contributed by atoms with Gasteiger partial charge in [0, 0.05) is 27.6 Å². The van der Waals surface area contributed by atoms with E-state index in [2.05, 4.69) is 5.32 Å². The highest BCUT2D eigenvalue weighted by atomic mass is 16.5. The summed E-state index contributed by atoms with van der Waals surface area (Å²) < 4.78 is 10.1. The van der Waals surface area contributed by atoms with Gasteiger partial charge in [0.05, 0.1) is 16.7 Å². The van der Waals surface area contributed by atoms with Gasteiger partial charge in [-0.05, 0) is 39.3 Å². The zero-order chi connectivity index (χ0) is 24.0. The van der Waals surface area contributed by atoms with Crippen molar-refractivity contribution in [2.45, 2.75) is 45.3 Å². The van der Waals surface area contributed by atoms with E-state index >= 15 is 0 Å². The maximum absolute atomic E-state index is 12.7. The molecule has 0 aliphatic heterocycles. The smallest absolute Gasteiger partial charge is 0.255 e. The average molecular weight is 437 g/mol. The van der Waals surface area contributed by atoms with Crippen molar-refractivity contribution in [1.82, 2.24) is 10.2 Å². The molecule has 1 unspecified atom stereocenters. The number of rotatable bonds is 10. The minimum atomic E-state index is -0.859. The quantitative estimate of drug-likeness (QED) is 0.554. The van der Waals surface area contributed by atoms with Gasteiger partial charge in [-0.2, -0.15) is 0 Å². The number of carbonyl (C=O) groups is 5. The Bertz CT molecular complexity index is 757. The molecule has 0 heterocycles. The van der Waals surface area contributed by atoms with Gasteiger partial charge >= 0.3 is 0 Å². The first-order valence-electron chi connectivity index (χ1n) is 9.70. The zero-order valence-electron chi connectivity index (χ0n) is 19.0. The molecule has 31 heavy (non-hydrogen) atoms. The Labute approximate surface area is 183 Å². The van der Waals surface area contributed by atoms with Crippen LogP contribution < -0.4 is 10.1 Å². The van der Waals surface area contributed by atoms with Crippen LogP contribution in [-0.4, -0.2) is 75.0 Å². The second kappa shape index (κ2) is 14.0. The van der Waals surface area contributed by atoms with E-state index in [-0.39, 0.29) is 41.9 Å². The second-order valence-electron chi connectivity index (χ2n) is 7.42. The third-order valence-corrected chi connectivity index (χ3v) is 4.23. The lowest BCUT2D eigenvalue weighted by Gasteiger charge is -2.27. The van der Waals surface area contributed by atoms with Crippen molar-refractivity contribution in [3.63, 3.8) is 0 Å². The summed E-state index contributed by atoms with van der Waals surface area (Å²) >= 11 is 0. The molecule has 9 nitrogen and oxygen atoms in total. The number of nitrogens with zero attached hydrogens (tertiary/aromatic N) is 1. The Morgan fingerprint density at radius 2 is 1.77 bits per heavy atom. The van der Waals surface area contributed by atoms with Gasteiger partial charge in [-0.1, -0.05) is 6.07 Å². The van der Waals surface area contributed by atoms with Crippen LogP contribution in [0.15, 0.2) is 18.2 Å². The Hall–Kier alpha value is -3.07. The van der Waals surface area contributed by atoms with Crippen molar-refractivity contribution < 1.29 is 33.4 Å². The van der Waals surface area contributed by atoms with Gasteiger partial charge in [-0.3, -0.25) is 19.2 Å². The maximum atomic E-state index is 12.7. The lowest BCUT2D eigenvalue weighted by Crippen LogP contribution is -2.47. The van der Waals surface area contributed by atoms with E-state index in [4.69, 9.17) is 9.47 Å². The molecular formula is C22H32N2O7. The van der Waals surface area contributed by atoms with Crippen LogP contribution in [0.2, 0.25) is 0 Å². The Morgan fingerprint density at radius 3 is 2.23 bits per heavy atom. The topological polar surface area (TPSA) is 119 Å². The molecule has 1 N–H and O–H groups in total. The fourth-order valence-corrected chi connectivity index (χ4v) is 2.33. The monoisotopic (exact) mass is 436 g/mol. The van der Waals surface area contributed by atoms with Crippen LogP contribution in [0.4, 0.5) is 0 Å². The summed E-state index contributed by atoms with van der Waals surface area (Å²) in [6, 6.07) is 3.54. The van der Waals surface area contributed by atoms with E-state index < -0.39 is 17.9 Å². The van der Waals surface area contributed by atoms with Gasteiger partial charge in [0.25, 0.3) is 5.91 Å². The van der Waals surface area contributed by atoms with Crippen molar-refractivity contribution in [3.05, 3.63) is 29.3 Å². The first kappa shape index (κ1) is 27.9. The zero-order valence-corrected chi connectivity index (χ0v) is 19.0. The molecule has 9 heteroatoms. The highest BCUT2D eigenvalue weighted by molar-refractivity contribution is 6.04. The number of ether oxygens (including phenoxy) is 2. The van der Waals surface area contributed by atoms with Gasteiger partial charge in [-0.25, -0.2) is 0 Å². The number of benzene rings is 1. The maximum Gasteiger partial charge on any atom is 0.255 e. The summed E-state index contributed by atoms with van der Waals surface area (Å²) in [7, 11) is 4.56. The summed E-state index contributed by atoms with van der Waals surface area (Å²) in [6.45, 7) is 5.81. The molecule has 2 amide bonds. The fraction of sp³-hybridized carbons (Fsp3) is 0.500. The largest absolute Gasteiger partial charge is 0.485 e. The molecule has 1 aromatic carbocycles. The predicted octanol–water partition coefficient (Wildman–Crippen LogP) is 1.67. The van der Waals surface area contributed by atoms with Crippen LogP contribution in [0.3, 0.4) is 0 Å². The molecule has 0 saturated heterocycles. The molecule has 1 aromatic rings. The van der Waals surface area contributed by atoms with Crippen LogP contribution in [0, 0.1) is 0 Å². The van der Waals surface area contributed by atoms with Crippen LogP contribution >= 0.6 is 0 Å². The number of carbonyl (C=O) groups excluding carboxylic acids is 5. The van der Waals surface area contributed by atoms with Gasteiger partial charge in [-0.15, -0.1) is 0 Å². The highest BCUT2D eigenvalue weighted by Crippen LogP contribution is 2.23. The number of likely N-dealkylation sites (N-methyl/N-ethyl adjacent to an activating group) is 2. The molecule has 0 saturated carbocycles. The number of methoxy groups -OCH3 is 1. The van der Waals surface area contributed by atoms with Gasteiger partial charge in [0.2, 0.25) is 5.91 Å². The Morgan fingerprint density at radius 1 is 1.16 bits per heavy atom. The third-order valence-electron chi connectivity index (χ3n) is 4.23. The van der Waals surface area contributed by atoms with Gasteiger partial charge < -0.3 is 24.5 Å². The summed E-state index contributed by atoms with van der Waals surface area (Å²) in [5.41, 5.74) is 0.0770. The lowest BCUT2D eigenvalue weighted by molar-refractivity contribution is -0.125. The Kier molecular flexibility index (Phi) is 12.6. The van der Waals surface area contributed by atoms with Crippen LogP contribution in [0.5, 0.6) is 5.75 Å². The minimum Gasteiger partial charge on any atom is -0.485 e. The number of amides is 2. The lowest BCUT2D eigenvalue weighted by atomic mass is 10.0. The summed E-state index contributed by atoms with van der Waals surface area (Å²) in [5, 5.41) is 2.45. The number of hydrogen-bond acceptors (Lipinski definition) is 7. The molecule has 0 spiro atoms. The average Bonchev–Trinajstić information content (AvgIpc) is 2.76. The van der Waals surface area contributed by atoms with E-state index in [0.717, 1.165) is 0 Å². The van der Waals surface area contributed by atoms with Gasteiger partial charge in [0.1, 0.15) is 24.7 Å². The minimum absolute atomic E-state index is 0.00718. The van der Waals surface area contributed by atoms with Crippen LogP contribution in [-0.2, 0) is 19.1 Å². The molecule has 1 rings (SSSR count). The number of nitrogens with one attached hydrogen (secondary N) is 1. The molecule has 1 atom stereocenters. The van der Waals surface area contributed by atoms with E-state index in [1.807, 2.05) is 20.8 Å². The van der Waals surface area contributed by atoms with Crippen LogP contribution in [0.25, 0.3) is 0 Å². The van der Waals surface area contributed by atoms with E-state index in [9.17, 15) is 24.0 Å². The molecule has 0 radical (unpaired) electrons. The van der Waals surface area contributed by atoms with Crippen LogP contribution in [0.1, 0.15) is 54.3 Å². The van der Waals surface area contributed by atoms with Crippen molar-refractivity contribution in [3.8, 4) is 5.75 Å². The SMILES string of the molecule is CNC(=O)C(CCC=O)N(C)C(=O)c1cccc(OCC=O)c1C=O.COC(C)(C)C. The summed E-state index contributed by atoms with van der Waals surface area (Å²) in [5.74, 6) is -0.886. The van der Waals surface area contributed by atoms with Gasteiger partial charge in [0.15, 0.2) is 12.6 Å². The second-order valence-corrected chi connectivity index (χ2v) is 7.42. The molecule has 172 valence electrons. The molecule has 0 bridgehead atoms. The standard InChI is InChI=1S/C17H20N2O6.C5H12O/c1-18-16(23)14(6-4-8-20)19(2)17(24)12-5-3-7-15(13(12)11-22)25-10-9-21;1-5(2,3)6-4/h3,5,7-9,11,14H,4,6,10H2,1-2H3,(H,18,23);1-4H3.